The van der Waals surface area contributed by atoms with Crippen molar-refractivity contribution in [2.75, 3.05) is 31.5 Å². The van der Waals surface area contributed by atoms with E-state index in [2.05, 4.69) is 20.4 Å². The Kier molecular flexibility index (Phi) is 7.22. The number of anilines is 1. The van der Waals surface area contributed by atoms with Crippen LogP contribution in [0.15, 0.2) is 54.1 Å². The van der Waals surface area contributed by atoms with Crippen molar-refractivity contribution >= 4 is 27.5 Å². The number of aryl methyl sites for hydroxylation is 2. The van der Waals surface area contributed by atoms with Crippen LogP contribution < -0.4 is 5.32 Å². The number of sulfonamides is 1. The van der Waals surface area contributed by atoms with Crippen molar-refractivity contribution in [1.29, 1.82) is 0 Å². The van der Waals surface area contributed by atoms with Gasteiger partial charge in [-0.05, 0) is 43.2 Å². The molecule has 0 bridgehead atoms. The predicted molar refractivity (Wildman–Crippen MR) is 128 cm³/mol. The van der Waals surface area contributed by atoms with E-state index in [1.54, 1.807) is 36.1 Å². The number of nitrogens with zero attached hydrogens (tertiary/aromatic N) is 6. The van der Waals surface area contributed by atoms with Gasteiger partial charge in [-0.2, -0.15) is 9.40 Å². The average Bonchev–Trinajstić information content (AvgIpc) is 3.39. The number of carbonyl (C=O) groups is 2. The standard InChI is InChI=1S/C23H27N7O4S/c1-17-3-4-18(2)20(13-17)35(33,34)29-11-9-28(10-12-29)23(32)8-7-22(31)27-19-5-6-21(25-14-19)30-16-24-15-26-30/h3-6,13-16H,7-12H2,1-2H3,(H,27,31). The predicted octanol–water partition coefficient (Wildman–Crippen LogP) is 1.53. The lowest BCUT2D eigenvalue weighted by molar-refractivity contribution is -0.133. The summed E-state index contributed by atoms with van der Waals surface area (Å²) < 4.78 is 29.1. The summed E-state index contributed by atoms with van der Waals surface area (Å²) in [4.78, 5) is 34.9. The minimum absolute atomic E-state index is 0.0185. The molecular weight excluding hydrogens is 470 g/mol. The minimum Gasteiger partial charge on any atom is -0.340 e. The van der Waals surface area contributed by atoms with Crippen LogP contribution in [0.1, 0.15) is 24.0 Å². The lowest BCUT2D eigenvalue weighted by Crippen LogP contribution is -2.50. The Labute approximate surface area is 203 Å². The van der Waals surface area contributed by atoms with E-state index < -0.39 is 10.0 Å². The van der Waals surface area contributed by atoms with Gasteiger partial charge in [0.2, 0.25) is 21.8 Å². The number of nitrogens with one attached hydrogen (secondary N) is 1. The van der Waals surface area contributed by atoms with Gasteiger partial charge in [0, 0.05) is 39.0 Å². The van der Waals surface area contributed by atoms with Crippen molar-refractivity contribution in [2.24, 2.45) is 0 Å². The maximum atomic E-state index is 13.1. The van der Waals surface area contributed by atoms with E-state index in [-0.39, 0.29) is 50.8 Å². The number of rotatable bonds is 7. The second kappa shape index (κ2) is 10.3. The van der Waals surface area contributed by atoms with Crippen molar-refractivity contribution in [2.45, 2.75) is 31.6 Å². The van der Waals surface area contributed by atoms with Gasteiger partial charge in [0.1, 0.15) is 12.7 Å². The van der Waals surface area contributed by atoms with E-state index in [4.69, 9.17) is 0 Å². The van der Waals surface area contributed by atoms with Gasteiger partial charge in [-0.1, -0.05) is 12.1 Å². The number of hydrogen-bond acceptors (Lipinski definition) is 7. The first-order valence-electron chi connectivity index (χ1n) is 11.2. The molecule has 11 nitrogen and oxygen atoms in total. The largest absolute Gasteiger partial charge is 0.340 e. The van der Waals surface area contributed by atoms with Gasteiger partial charge in [-0.15, -0.1) is 0 Å². The summed E-state index contributed by atoms with van der Waals surface area (Å²) in [7, 11) is -3.63. The molecule has 1 aliphatic heterocycles. The molecule has 1 aliphatic rings. The molecule has 0 unspecified atom stereocenters. The Morgan fingerprint density at radius 2 is 1.80 bits per heavy atom. The third-order valence-corrected chi connectivity index (χ3v) is 7.84. The Morgan fingerprint density at radius 3 is 2.46 bits per heavy atom. The van der Waals surface area contributed by atoms with Crippen molar-refractivity contribution in [1.82, 2.24) is 29.0 Å². The lowest BCUT2D eigenvalue weighted by atomic mass is 10.2. The highest BCUT2D eigenvalue weighted by Gasteiger charge is 2.31. The molecule has 3 aromatic rings. The first-order chi connectivity index (χ1) is 16.7. The van der Waals surface area contributed by atoms with Crippen LogP contribution in [0.4, 0.5) is 5.69 Å². The van der Waals surface area contributed by atoms with Crippen molar-refractivity contribution in [3.63, 3.8) is 0 Å². The van der Waals surface area contributed by atoms with Crippen LogP contribution in [-0.4, -0.2) is 75.4 Å². The van der Waals surface area contributed by atoms with Crippen LogP contribution in [0.3, 0.4) is 0 Å². The van der Waals surface area contributed by atoms with Crippen LogP contribution in [0.2, 0.25) is 0 Å². The highest BCUT2D eigenvalue weighted by molar-refractivity contribution is 7.89. The second-order valence-electron chi connectivity index (χ2n) is 8.35. The zero-order valence-electron chi connectivity index (χ0n) is 19.6. The number of carbonyl (C=O) groups excluding carboxylic acids is 2. The van der Waals surface area contributed by atoms with Gasteiger partial charge in [0.15, 0.2) is 5.82 Å². The normalized spacial score (nSPS) is 14.6. The highest BCUT2D eigenvalue weighted by Crippen LogP contribution is 2.22. The lowest BCUT2D eigenvalue weighted by Gasteiger charge is -2.34. The van der Waals surface area contributed by atoms with Gasteiger partial charge in [0.25, 0.3) is 0 Å². The van der Waals surface area contributed by atoms with Crippen LogP contribution in [-0.2, 0) is 19.6 Å². The third kappa shape index (κ3) is 5.72. The minimum atomic E-state index is -3.63. The molecule has 0 saturated carbocycles. The van der Waals surface area contributed by atoms with Gasteiger partial charge in [0.05, 0.1) is 16.8 Å². The molecule has 12 heteroatoms. The Bertz CT molecular complexity index is 1300. The van der Waals surface area contributed by atoms with Crippen LogP contribution in [0, 0.1) is 13.8 Å². The smallest absolute Gasteiger partial charge is 0.243 e. The topological polar surface area (TPSA) is 130 Å². The molecule has 0 radical (unpaired) electrons. The molecule has 2 aromatic heterocycles. The van der Waals surface area contributed by atoms with E-state index in [1.165, 1.54) is 27.8 Å². The summed E-state index contributed by atoms with van der Waals surface area (Å²) >= 11 is 0. The Hall–Kier alpha value is -3.64. The van der Waals surface area contributed by atoms with Gasteiger partial charge in [-0.25, -0.2) is 23.1 Å². The average molecular weight is 498 g/mol. The molecule has 1 saturated heterocycles. The molecule has 1 aromatic carbocycles. The summed E-state index contributed by atoms with van der Waals surface area (Å²) in [6, 6.07) is 8.75. The number of pyridine rings is 1. The van der Waals surface area contributed by atoms with Crippen molar-refractivity contribution in [3.8, 4) is 5.82 Å². The molecule has 35 heavy (non-hydrogen) atoms. The fraction of sp³-hybridized carbons (Fsp3) is 0.348. The van der Waals surface area contributed by atoms with Crippen LogP contribution in [0.5, 0.6) is 0 Å². The zero-order chi connectivity index (χ0) is 25.0. The van der Waals surface area contributed by atoms with E-state index in [1.807, 2.05) is 13.0 Å². The fourth-order valence-electron chi connectivity index (χ4n) is 3.83. The summed E-state index contributed by atoms with van der Waals surface area (Å²) in [5, 5.41) is 6.71. The number of aromatic nitrogens is 4. The van der Waals surface area contributed by atoms with Crippen LogP contribution >= 0.6 is 0 Å². The monoisotopic (exact) mass is 497 g/mol. The summed E-state index contributed by atoms with van der Waals surface area (Å²) in [6.45, 7) is 4.65. The SMILES string of the molecule is Cc1ccc(C)c(S(=O)(=O)N2CCN(C(=O)CCC(=O)Nc3ccc(-n4cncn4)nc3)CC2)c1. The van der Waals surface area contributed by atoms with E-state index in [0.29, 0.717) is 22.0 Å². The summed E-state index contributed by atoms with van der Waals surface area (Å²) in [6.07, 6.45) is 4.49. The summed E-state index contributed by atoms with van der Waals surface area (Å²) in [5.41, 5.74) is 2.09. The maximum absolute atomic E-state index is 13.1. The molecule has 184 valence electrons. The molecule has 0 atom stereocenters. The molecular formula is C23H27N7O4S. The van der Waals surface area contributed by atoms with Crippen molar-refractivity contribution < 1.29 is 18.0 Å². The Balaban J connectivity index is 1.25. The quantitative estimate of drug-likeness (QED) is 0.524. The fourth-order valence-corrected chi connectivity index (χ4v) is 5.56. The number of hydrogen-bond donors (Lipinski definition) is 1. The molecule has 0 aliphatic carbocycles. The number of amides is 2. The third-order valence-electron chi connectivity index (χ3n) is 5.80. The molecule has 4 rings (SSSR count). The van der Waals surface area contributed by atoms with Gasteiger partial charge in [-0.3, -0.25) is 9.59 Å². The van der Waals surface area contributed by atoms with Gasteiger partial charge < -0.3 is 10.2 Å². The first-order valence-corrected chi connectivity index (χ1v) is 12.6. The molecule has 1 fully saturated rings. The van der Waals surface area contributed by atoms with E-state index in [9.17, 15) is 18.0 Å². The molecule has 3 heterocycles. The van der Waals surface area contributed by atoms with Crippen molar-refractivity contribution in [3.05, 3.63) is 60.3 Å². The number of piperazine rings is 1. The van der Waals surface area contributed by atoms with E-state index in [0.717, 1.165) is 5.56 Å². The van der Waals surface area contributed by atoms with Gasteiger partial charge >= 0.3 is 0 Å². The molecule has 0 spiro atoms. The maximum Gasteiger partial charge on any atom is 0.243 e. The second-order valence-corrected chi connectivity index (χ2v) is 10.3. The number of benzene rings is 1. The molecule has 2 amide bonds. The Morgan fingerprint density at radius 1 is 1.03 bits per heavy atom. The van der Waals surface area contributed by atoms with E-state index >= 15 is 0 Å². The highest BCUT2D eigenvalue weighted by atomic mass is 32.2. The molecule has 1 N–H and O–H groups in total. The summed E-state index contributed by atoms with van der Waals surface area (Å²) in [5.74, 6) is 0.0859. The van der Waals surface area contributed by atoms with Crippen LogP contribution in [0.25, 0.3) is 5.82 Å². The first kappa shape index (κ1) is 24.5. The zero-order valence-corrected chi connectivity index (χ0v) is 20.4.